The van der Waals surface area contributed by atoms with Crippen molar-refractivity contribution in [3.8, 4) is 0 Å². The minimum Gasteiger partial charge on any atom is -0.349 e. The third-order valence-corrected chi connectivity index (χ3v) is 4.84. The van der Waals surface area contributed by atoms with Gasteiger partial charge < -0.3 is 14.7 Å². The van der Waals surface area contributed by atoms with Crippen molar-refractivity contribution in [2.75, 3.05) is 20.1 Å². The molecule has 1 aromatic heterocycles. The first kappa shape index (κ1) is 14.4. The molecule has 21 heavy (non-hydrogen) atoms. The molecule has 6 heteroatoms. The number of likely N-dealkylation sites (tertiary alicyclic amines) is 1. The van der Waals surface area contributed by atoms with Crippen LogP contribution < -0.4 is 5.32 Å². The van der Waals surface area contributed by atoms with Gasteiger partial charge in [0.1, 0.15) is 0 Å². The standard InChI is InChI=1S/C15H25N5O/c1-12-18-13(19-21-12)10-17-14(16-2)20-9-8-15(11-20)6-4-3-5-7-15/h3-11H2,1-2H3,(H,16,17). The highest BCUT2D eigenvalue weighted by Crippen LogP contribution is 2.43. The van der Waals surface area contributed by atoms with E-state index in [0.717, 1.165) is 19.0 Å². The summed E-state index contributed by atoms with van der Waals surface area (Å²) in [7, 11) is 1.84. The van der Waals surface area contributed by atoms with Gasteiger partial charge >= 0.3 is 0 Å². The van der Waals surface area contributed by atoms with Gasteiger partial charge in [-0.25, -0.2) is 0 Å². The minimum absolute atomic E-state index is 0.540. The zero-order chi connectivity index (χ0) is 14.7. The van der Waals surface area contributed by atoms with Crippen LogP contribution in [0.1, 0.15) is 50.2 Å². The second-order valence-electron chi connectivity index (χ2n) is 6.36. The molecule has 2 aliphatic rings. The molecule has 0 amide bonds. The average molecular weight is 291 g/mol. The Morgan fingerprint density at radius 1 is 1.33 bits per heavy atom. The van der Waals surface area contributed by atoms with Crippen molar-refractivity contribution < 1.29 is 4.52 Å². The van der Waals surface area contributed by atoms with Crippen molar-refractivity contribution in [3.05, 3.63) is 11.7 Å². The lowest BCUT2D eigenvalue weighted by Gasteiger charge is -2.33. The summed E-state index contributed by atoms with van der Waals surface area (Å²) >= 11 is 0. The van der Waals surface area contributed by atoms with E-state index in [4.69, 9.17) is 4.52 Å². The first-order valence-corrected chi connectivity index (χ1v) is 7.96. The molecule has 2 heterocycles. The number of aryl methyl sites for hydroxylation is 1. The van der Waals surface area contributed by atoms with Crippen molar-refractivity contribution in [2.45, 2.75) is 52.0 Å². The Hall–Kier alpha value is -1.59. The first-order valence-electron chi connectivity index (χ1n) is 7.96. The number of guanidine groups is 1. The topological polar surface area (TPSA) is 66.5 Å². The quantitative estimate of drug-likeness (QED) is 0.668. The predicted molar refractivity (Wildman–Crippen MR) is 80.9 cm³/mol. The van der Waals surface area contributed by atoms with Gasteiger partial charge in [-0.15, -0.1) is 0 Å². The second-order valence-corrected chi connectivity index (χ2v) is 6.36. The largest absolute Gasteiger partial charge is 0.349 e. The molecule has 0 aromatic carbocycles. The summed E-state index contributed by atoms with van der Waals surface area (Å²) in [6, 6.07) is 0. The molecule has 1 aliphatic heterocycles. The number of nitrogens with one attached hydrogen (secondary N) is 1. The summed E-state index contributed by atoms with van der Waals surface area (Å²) in [5.74, 6) is 2.24. The zero-order valence-electron chi connectivity index (χ0n) is 13.1. The van der Waals surface area contributed by atoms with Crippen LogP contribution in [0, 0.1) is 12.3 Å². The van der Waals surface area contributed by atoms with Crippen LogP contribution >= 0.6 is 0 Å². The summed E-state index contributed by atoms with van der Waals surface area (Å²) in [5, 5.41) is 7.26. The molecule has 2 fully saturated rings. The van der Waals surface area contributed by atoms with E-state index >= 15 is 0 Å². The maximum absolute atomic E-state index is 4.99. The Balaban J connectivity index is 1.57. The van der Waals surface area contributed by atoms with Gasteiger partial charge in [0, 0.05) is 27.1 Å². The number of hydrogen-bond acceptors (Lipinski definition) is 4. The molecule has 1 saturated heterocycles. The number of hydrogen-bond donors (Lipinski definition) is 1. The average Bonchev–Trinajstić information content (AvgIpc) is 3.08. The van der Waals surface area contributed by atoms with Crippen molar-refractivity contribution in [1.29, 1.82) is 0 Å². The Labute approximate surface area is 126 Å². The van der Waals surface area contributed by atoms with Crippen molar-refractivity contribution >= 4 is 5.96 Å². The van der Waals surface area contributed by atoms with Crippen LogP contribution in [0.4, 0.5) is 0 Å². The van der Waals surface area contributed by atoms with E-state index < -0.39 is 0 Å². The van der Waals surface area contributed by atoms with E-state index in [1.165, 1.54) is 38.5 Å². The predicted octanol–water partition coefficient (Wildman–Crippen LogP) is 2.11. The summed E-state index contributed by atoms with van der Waals surface area (Å²) in [6.07, 6.45) is 8.25. The Morgan fingerprint density at radius 3 is 2.81 bits per heavy atom. The van der Waals surface area contributed by atoms with E-state index in [-0.39, 0.29) is 0 Å². The molecule has 0 unspecified atom stereocenters. The molecule has 1 spiro atoms. The molecule has 1 aromatic rings. The van der Waals surface area contributed by atoms with Crippen LogP contribution in [-0.4, -0.2) is 41.1 Å². The summed E-state index contributed by atoms with van der Waals surface area (Å²) in [6.45, 7) is 4.61. The molecule has 0 bridgehead atoms. The molecular formula is C15H25N5O. The summed E-state index contributed by atoms with van der Waals surface area (Å²) in [4.78, 5) is 11.0. The fraction of sp³-hybridized carbons (Fsp3) is 0.800. The monoisotopic (exact) mass is 291 g/mol. The molecule has 0 atom stereocenters. The lowest BCUT2D eigenvalue weighted by Crippen LogP contribution is -2.41. The highest BCUT2D eigenvalue weighted by Gasteiger charge is 2.39. The van der Waals surface area contributed by atoms with Gasteiger partial charge in [-0.1, -0.05) is 24.4 Å². The van der Waals surface area contributed by atoms with Gasteiger partial charge in [-0.2, -0.15) is 4.98 Å². The Morgan fingerprint density at radius 2 is 2.14 bits per heavy atom. The van der Waals surface area contributed by atoms with Gasteiger partial charge in [0.05, 0.1) is 6.54 Å². The van der Waals surface area contributed by atoms with Crippen LogP contribution in [0.25, 0.3) is 0 Å². The fourth-order valence-corrected chi connectivity index (χ4v) is 3.73. The lowest BCUT2D eigenvalue weighted by molar-refractivity contribution is 0.203. The van der Waals surface area contributed by atoms with E-state index in [0.29, 0.717) is 23.7 Å². The van der Waals surface area contributed by atoms with Crippen LogP contribution in [0.3, 0.4) is 0 Å². The highest BCUT2D eigenvalue weighted by molar-refractivity contribution is 5.80. The van der Waals surface area contributed by atoms with Crippen LogP contribution in [0.5, 0.6) is 0 Å². The molecule has 6 nitrogen and oxygen atoms in total. The van der Waals surface area contributed by atoms with Gasteiger partial charge in [0.15, 0.2) is 11.8 Å². The maximum Gasteiger partial charge on any atom is 0.223 e. The van der Waals surface area contributed by atoms with Crippen LogP contribution in [0.2, 0.25) is 0 Å². The van der Waals surface area contributed by atoms with Gasteiger partial charge in [-0.05, 0) is 24.7 Å². The van der Waals surface area contributed by atoms with E-state index in [1.54, 1.807) is 6.92 Å². The lowest BCUT2D eigenvalue weighted by atomic mass is 9.73. The molecule has 1 aliphatic carbocycles. The number of aliphatic imine (C=N–C) groups is 1. The van der Waals surface area contributed by atoms with Crippen molar-refractivity contribution in [1.82, 2.24) is 20.4 Å². The van der Waals surface area contributed by atoms with E-state index in [9.17, 15) is 0 Å². The molecule has 3 rings (SSSR count). The normalized spacial score (nSPS) is 22.0. The van der Waals surface area contributed by atoms with Crippen molar-refractivity contribution in [3.63, 3.8) is 0 Å². The zero-order valence-corrected chi connectivity index (χ0v) is 13.1. The third kappa shape index (κ3) is 3.19. The molecule has 1 saturated carbocycles. The molecular weight excluding hydrogens is 266 g/mol. The maximum atomic E-state index is 4.99. The van der Waals surface area contributed by atoms with Gasteiger partial charge in [-0.3, -0.25) is 4.99 Å². The number of rotatable bonds is 2. The Kier molecular flexibility index (Phi) is 4.12. The Bertz CT molecular complexity index is 504. The SMILES string of the molecule is CN=C(NCc1noc(C)n1)N1CCC2(CCCCC2)C1. The number of nitrogens with zero attached hydrogens (tertiary/aromatic N) is 4. The smallest absolute Gasteiger partial charge is 0.223 e. The van der Waals surface area contributed by atoms with Crippen LogP contribution in [0.15, 0.2) is 9.52 Å². The second kappa shape index (κ2) is 6.03. The highest BCUT2D eigenvalue weighted by atomic mass is 16.5. The number of aromatic nitrogens is 2. The molecule has 116 valence electrons. The molecule has 1 N–H and O–H groups in total. The first-order chi connectivity index (χ1) is 10.2. The van der Waals surface area contributed by atoms with Crippen molar-refractivity contribution in [2.24, 2.45) is 10.4 Å². The summed E-state index contributed by atoms with van der Waals surface area (Å²) in [5.41, 5.74) is 0.540. The van der Waals surface area contributed by atoms with Gasteiger partial charge in [0.25, 0.3) is 0 Å². The van der Waals surface area contributed by atoms with Gasteiger partial charge in [0.2, 0.25) is 5.89 Å². The summed E-state index contributed by atoms with van der Waals surface area (Å²) < 4.78 is 4.99. The fourth-order valence-electron chi connectivity index (χ4n) is 3.73. The van der Waals surface area contributed by atoms with E-state index in [1.807, 2.05) is 7.05 Å². The van der Waals surface area contributed by atoms with E-state index in [2.05, 4.69) is 25.3 Å². The minimum atomic E-state index is 0.540. The van der Waals surface area contributed by atoms with Crippen LogP contribution in [-0.2, 0) is 6.54 Å². The molecule has 0 radical (unpaired) electrons. The third-order valence-electron chi connectivity index (χ3n) is 4.84.